The third kappa shape index (κ3) is 4.82. The van der Waals surface area contributed by atoms with Crippen LogP contribution in [-0.2, 0) is 24.4 Å². The minimum Gasteiger partial charge on any atom is -0.350 e. The molecule has 2 aliphatic rings. The van der Waals surface area contributed by atoms with Crippen molar-refractivity contribution in [3.05, 3.63) is 28.3 Å². The maximum absolute atomic E-state index is 13.3. The molecule has 1 unspecified atom stereocenters. The number of carbonyl (C=O) groups excluding carboxylic acids is 1. The molecule has 2 fully saturated rings. The third-order valence-corrected chi connectivity index (χ3v) is 8.32. The maximum atomic E-state index is 13.3. The van der Waals surface area contributed by atoms with E-state index in [9.17, 15) is 13.2 Å². The Morgan fingerprint density at radius 2 is 1.69 bits per heavy atom. The molecule has 1 N–H and O–H groups in total. The van der Waals surface area contributed by atoms with Gasteiger partial charge in [0.2, 0.25) is 15.9 Å². The van der Waals surface area contributed by atoms with E-state index in [2.05, 4.69) is 5.48 Å². The van der Waals surface area contributed by atoms with Gasteiger partial charge < -0.3 is 4.74 Å². The van der Waals surface area contributed by atoms with Gasteiger partial charge in [-0.15, -0.1) is 0 Å². The van der Waals surface area contributed by atoms with Crippen LogP contribution in [0.15, 0.2) is 11.0 Å². The highest BCUT2D eigenvalue weighted by Gasteiger charge is 2.34. The number of piperidine rings is 1. The van der Waals surface area contributed by atoms with Crippen molar-refractivity contribution in [2.75, 3.05) is 19.7 Å². The number of amides is 1. The second kappa shape index (κ2) is 9.12. The molecule has 1 aromatic carbocycles. The van der Waals surface area contributed by atoms with E-state index in [4.69, 9.17) is 9.57 Å². The van der Waals surface area contributed by atoms with Crippen LogP contribution < -0.4 is 5.48 Å². The summed E-state index contributed by atoms with van der Waals surface area (Å²) in [4.78, 5) is 18.2. The predicted octanol–water partition coefficient (Wildman–Crippen LogP) is 2.90. The second-order valence-corrected chi connectivity index (χ2v) is 10.0. The molecule has 0 aliphatic carbocycles. The van der Waals surface area contributed by atoms with Crippen molar-refractivity contribution in [1.82, 2.24) is 9.79 Å². The number of ether oxygens (including phenoxy) is 1. The molecule has 0 aromatic heterocycles. The number of carbonyl (C=O) groups is 1. The van der Waals surface area contributed by atoms with Crippen LogP contribution in [0.2, 0.25) is 0 Å². The molecule has 29 heavy (non-hydrogen) atoms. The first-order chi connectivity index (χ1) is 13.7. The number of hydroxylamine groups is 1. The first-order valence-electron chi connectivity index (χ1n) is 10.4. The normalized spacial score (nSPS) is 21.9. The Bertz CT molecular complexity index is 828. The molecule has 1 aromatic rings. The summed E-state index contributed by atoms with van der Waals surface area (Å²) >= 11 is 0. The van der Waals surface area contributed by atoms with Crippen molar-refractivity contribution in [3.8, 4) is 0 Å². The molecule has 162 valence electrons. The zero-order chi connectivity index (χ0) is 21.2. The lowest BCUT2D eigenvalue weighted by Gasteiger charge is -2.32. The van der Waals surface area contributed by atoms with Crippen LogP contribution in [0.25, 0.3) is 0 Å². The van der Waals surface area contributed by atoms with E-state index >= 15 is 0 Å². The number of sulfonamides is 1. The van der Waals surface area contributed by atoms with Crippen LogP contribution in [0.5, 0.6) is 0 Å². The zero-order valence-corrected chi connectivity index (χ0v) is 18.6. The lowest BCUT2D eigenvalue weighted by molar-refractivity contribution is -0.202. The van der Waals surface area contributed by atoms with Gasteiger partial charge in [0.15, 0.2) is 6.29 Å². The van der Waals surface area contributed by atoms with Gasteiger partial charge in [0.1, 0.15) is 0 Å². The molecule has 0 radical (unpaired) electrons. The van der Waals surface area contributed by atoms with Gasteiger partial charge >= 0.3 is 0 Å². The van der Waals surface area contributed by atoms with Crippen LogP contribution in [0.4, 0.5) is 0 Å². The van der Waals surface area contributed by atoms with Crippen LogP contribution in [-0.4, -0.2) is 44.6 Å². The van der Waals surface area contributed by atoms with E-state index in [-0.39, 0.29) is 18.1 Å². The van der Waals surface area contributed by atoms with Crippen molar-refractivity contribution >= 4 is 15.9 Å². The van der Waals surface area contributed by atoms with E-state index in [1.165, 1.54) is 4.31 Å². The molecule has 2 heterocycles. The standard InChI is InChI=1S/C21H32N2O5S/c1-14-13-15(2)17(4)20(16(14)3)29(25,26)23-10-8-18(9-11-23)21(24)22-28-19-7-5-6-12-27-19/h13,18-19H,5-12H2,1-4H3,(H,22,24). The van der Waals surface area contributed by atoms with Gasteiger partial charge in [0.25, 0.3) is 0 Å². The Morgan fingerprint density at radius 3 is 2.24 bits per heavy atom. The average molecular weight is 425 g/mol. The maximum Gasteiger partial charge on any atom is 0.246 e. The van der Waals surface area contributed by atoms with Crippen molar-refractivity contribution in [2.24, 2.45) is 5.92 Å². The van der Waals surface area contributed by atoms with E-state index in [0.29, 0.717) is 37.4 Å². The number of nitrogens with one attached hydrogen (secondary N) is 1. The van der Waals surface area contributed by atoms with Crippen LogP contribution >= 0.6 is 0 Å². The molecule has 0 saturated carbocycles. The van der Waals surface area contributed by atoms with Crippen LogP contribution in [0.3, 0.4) is 0 Å². The topological polar surface area (TPSA) is 84.9 Å². The zero-order valence-electron chi connectivity index (χ0n) is 17.8. The number of aryl methyl sites for hydroxylation is 2. The fraction of sp³-hybridized carbons (Fsp3) is 0.667. The Hall–Kier alpha value is -1.48. The first-order valence-corrected chi connectivity index (χ1v) is 11.8. The first kappa shape index (κ1) is 22.2. The van der Waals surface area contributed by atoms with E-state index in [0.717, 1.165) is 41.5 Å². The number of rotatable bonds is 5. The molecule has 8 heteroatoms. The summed E-state index contributed by atoms with van der Waals surface area (Å²) in [6, 6.07) is 2.02. The summed E-state index contributed by atoms with van der Waals surface area (Å²) in [7, 11) is -3.60. The highest BCUT2D eigenvalue weighted by Crippen LogP contribution is 2.31. The number of benzene rings is 1. The summed E-state index contributed by atoms with van der Waals surface area (Å²) < 4.78 is 33.6. The molecule has 1 atom stereocenters. The fourth-order valence-corrected chi connectivity index (χ4v) is 6.11. The van der Waals surface area contributed by atoms with Gasteiger partial charge in [-0.05, 0) is 75.6 Å². The summed E-state index contributed by atoms with van der Waals surface area (Å²) in [6.07, 6.45) is 3.37. The molecular weight excluding hydrogens is 392 g/mol. The lowest BCUT2D eigenvalue weighted by atomic mass is 9.98. The van der Waals surface area contributed by atoms with Gasteiger partial charge in [0.05, 0.1) is 4.90 Å². The smallest absolute Gasteiger partial charge is 0.246 e. The van der Waals surface area contributed by atoms with Gasteiger partial charge in [-0.25, -0.2) is 18.7 Å². The second-order valence-electron chi connectivity index (χ2n) is 8.15. The third-order valence-electron chi connectivity index (χ3n) is 6.15. The largest absolute Gasteiger partial charge is 0.350 e. The average Bonchev–Trinajstić information content (AvgIpc) is 2.71. The summed E-state index contributed by atoms with van der Waals surface area (Å²) in [6.45, 7) is 8.90. The monoisotopic (exact) mass is 424 g/mol. The van der Waals surface area contributed by atoms with Crippen molar-refractivity contribution in [2.45, 2.75) is 71.0 Å². The summed E-state index contributed by atoms with van der Waals surface area (Å²) in [5, 5.41) is 0. The molecule has 2 aliphatic heterocycles. The molecular formula is C21H32N2O5S. The quantitative estimate of drug-likeness (QED) is 0.735. The molecule has 3 rings (SSSR count). The van der Waals surface area contributed by atoms with E-state index in [1.807, 2.05) is 33.8 Å². The predicted molar refractivity (Wildman–Crippen MR) is 110 cm³/mol. The molecule has 2 saturated heterocycles. The summed E-state index contributed by atoms with van der Waals surface area (Å²) in [5.74, 6) is -0.457. The molecule has 1 amide bonds. The minimum absolute atomic E-state index is 0.199. The van der Waals surface area contributed by atoms with Crippen LogP contribution in [0.1, 0.15) is 54.4 Å². The van der Waals surface area contributed by atoms with Gasteiger partial charge in [0, 0.05) is 32.0 Å². The highest BCUT2D eigenvalue weighted by molar-refractivity contribution is 7.89. The Balaban J connectivity index is 1.62. The molecule has 0 bridgehead atoms. The number of nitrogens with zero attached hydrogens (tertiary/aromatic N) is 1. The minimum atomic E-state index is -3.60. The summed E-state index contributed by atoms with van der Waals surface area (Å²) in [5.41, 5.74) is 6.06. The van der Waals surface area contributed by atoms with Crippen molar-refractivity contribution in [3.63, 3.8) is 0 Å². The van der Waals surface area contributed by atoms with E-state index < -0.39 is 10.0 Å². The van der Waals surface area contributed by atoms with E-state index in [1.54, 1.807) is 0 Å². The Labute approximate surface area is 173 Å². The number of hydrogen-bond donors (Lipinski definition) is 1. The number of hydrogen-bond acceptors (Lipinski definition) is 5. The lowest BCUT2D eigenvalue weighted by Crippen LogP contribution is -2.44. The highest BCUT2D eigenvalue weighted by atomic mass is 32.2. The van der Waals surface area contributed by atoms with Crippen molar-refractivity contribution < 1.29 is 22.8 Å². The molecule has 7 nitrogen and oxygen atoms in total. The van der Waals surface area contributed by atoms with Crippen LogP contribution in [0, 0.1) is 33.6 Å². The molecule has 0 spiro atoms. The van der Waals surface area contributed by atoms with Gasteiger partial charge in [-0.1, -0.05) is 6.07 Å². The van der Waals surface area contributed by atoms with Gasteiger partial charge in [-0.3, -0.25) is 4.79 Å². The Morgan fingerprint density at radius 1 is 1.07 bits per heavy atom. The van der Waals surface area contributed by atoms with Gasteiger partial charge in [-0.2, -0.15) is 4.31 Å². The Kier molecular flexibility index (Phi) is 6.98. The van der Waals surface area contributed by atoms with Crippen molar-refractivity contribution in [1.29, 1.82) is 0 Å². The fourth-order valence-electron chi connectivity index (χ4n) is 4.07. The SMILES string of the molecule is Cc1cc(C)c(C)c(S(=O)(=O)N2CCC(C(=O)NOC3CCCCO3)CC2)c1C.